The monoisotopic (exact) mass is 404 g/mol. The number of pyridine rings is 2. The maximum absolute atomic E-state index is 12.9. The van der Waals surface area contributed by atoms with E-state index in [1.54, 1.807) is 19.5 Å². The summed E-state index contributed by atoms with van der Waals surface area (Å²) in [7, 11) is 1.68. The predicted octanol–water partition coefficient (Wildman–Crippen LogP) is 2.52. The molecule has 1 N–H and O–H groups in total. The van der Waals surface area contributed by atoms with Crippen molar-refractivity contribution in [2.24, 2.45) is 0 Å². The van der Waals surface area contributed by atoms with Gasteiger partial charge >= 0.3 is 0 Å². The first kappa shape index (κ1) is 19.8. The Bertz CT molecular complexity index is 1150. The average molecular weight is 404 g/mol. The summed E-state index contributed by atoms with van der Waals surface area (Å²) in [6.45, 7) is 3.78. The third-order valence-electron chi connectivity index (χ3n) is 4.95. The second kappa shape index (κ2) is 8.87. The van der Waals surface area contributed by atoms with E-state index in [9.17, 15) is 4.79 Å². The zero-order chi connectivity index (χ0) is 20.9. The minimum Gasteiger partial charge on any atom is -0.383 e. The highest BCUT2D eigenvalue weighted by atomic mass is 16.5. The van der Waals surface area contributed by atoms with Crippen LogP contribution in [-0.2, 0) is 17.7 Å². The Hall–Kier alpha value is -3.52. The molecule has 154 valence electrons. The molecule has 8 heteroatoms. The lowest BCUT2D eigenvalue weighted by atomic mass is 10.2. The predicted molar refractivity (Wildman–Crippen MR) is 113 cm³/mol. The Morgan fingerprint density at radius 3 is 2.80 bits per heavy atom. The van der Waals surface area contributed by atoms with Gasteiger partial charge in [-0.05, 0) is 43.2 Å². The fraction of sp³-hybridized carbons (Fsp3) is 0.273. The van der Waals surface area contributed by atoms with Gasteiger partial charge in [-0.2, -0.15) is 0 Å². The summed E-state index contributed by atoms with van der Waals surface area (Å²) in [5.41, 5.74) is 2.99. The molecule has 0 unspecified atom stereocenters. The minimum atomic E-state index is -0.199. The van der Waals surface area contributed by atoms with E-state index in [0.29, 0.717) is 31.2 Å². The van der Waals surface area contributed by atoms with Crippen molar-refractivity contribution in [3.63, 3.8) is 0 Å². The van der Waals surface area contributed by atoms with Crippen LogP contribution in [0, 0.1) is 6.92 Å². The molecule has 4 aromatic heterocycles. The number of methoxy groups -OCH3 is 1. The van der Waals surface area contributed by atoms with Crippen LogP contribution in [-0.4, -0.2) is 50.1 Å². The first-order chi connectivity index (χ1) is 14.7. The van der Waals surface area contributed by atoms with E-state index >= 15 is 0 Å². The Balaban J connectivity index is 1.58. The second-order valence-corrected chi connectivity index (χ2v) is 6.96. The Kier molecular flexibility index (Phi) is 5.85. The number of aryl methyl sites for hydroxylation is 1. The van der Waals surface area contributed by atoms with Gasteiger partial charge in [-0.15, -0.1) is 0 Å². The number of rotatable bonds is 8. The lowest BCUT2D eigenvalue weighted by Gasteiger charge is -2.03. The fourth-order valence-electron chi connectivity index (χ4n) is 3.37. The second-order valence-electron chi connectivity index (χ2n) is 6.96. The van der Waals surface area contributed by atoms with Crippen LogP contribution in [0.5, 0.6) is 0 Å². The number of ether oxygens (including phenoxy) is 1. The number of hydrogen-bond donors (Lipinski definition) is 1. The summed E-state index contributed by atoms with van der Waals surface area (Å²) in [4.78, 5) is 26.2. The summed E-state index contributed by atoms with van der Waals surface area (Å²) >= 11 is 0. The standard InChI is InChI=1S/C22H24N6O2/c1-16-25-18(15-27(16)13-14-30-2)21-26-20(19-5-3-4-12-28(19)21)22(29)24-11-8-17-6-9-23-10-7-17/h3-7,9-10,12,15H,8,11,13-14H2,1-2H3,(H,24,29). The Labute approximate surface area is 174 Å². The number of aromatic nitrogens is 5. The third kappa shape index (κ3) is 4.08. The van der Waals surface area contributed by atoms with Gasteiger partial charge < -0.3 is 14.6 Å². The van der Waals surface area contributed by atoms with Crippen LogP contribution in [0.15, 0.2) is 55.1 Å². The van der Waals surface area contributed by atoms with E-state index in [0.717, 1.165) is 29.0 Å². The minimum absolute atomic E-state index is 0.199. The molecule has 1 amide bonds. The number of nitrogens with one attached hydrogen (secondary N) is 1. The van der Waals surface area contributed by atoms with E-state index in [4.69, 9.17) is 4.74 Å². The van der Waals surface area contributed by atoms with Gasteiger partial charge in [-0.3, -0.25) is 14.2 Å². The molecule has 0 aliphatic carbocycles. The maximum atomic E-state index is 12.9. The van der Waals surface area contributed by atoms with Crippen LogP contribution < -0.4 is 5.32 Å². The highest BCUT2D eigenvalue weighted by molar-refractivity contribution is 5.99. The molecule has 0 aromatic carbocycles. The number of imidazole rings is 2. The van der Waals surface area contributed by atoms with Crippen LogP contribution in [0.25, 0.3) is 17.0 Å². The van der Waals surface area contributed by atoms with Gasteiger partial charge in [0, 0.05) is 45.0 Å². The van der Waals surface area contributed by atoms with E-state index in [1.807, 2.05) is 58.6 Å². The van der Waals surface area contributed by atoms with Gasteiger partial charge in [0.15, 0.2) is 11.5 Å². The highest BCUT2D eigenvalue weighted by Gasteiger charge is 2.20. The quantitative estimate of drug-likeness (QED) is 0.488. The van der Waals surface area contributed by atoms with Crippen molar-refractivity contribution in [1.29, 1.82) is 0 Å². The molecule has 4 aromatic rings. The normalized spacial score (nSPS) is 11.1. The van der Waals surface area contributed by atoms with E-state index in [1.165, 1.54) is 0 Å². The molecule has 0 aliphatic heterocycles. The first-order valence-electron chi connectivity index (χ1n) is 9.84. The summed E-state index contributed by atoms with van der Waals surface area (Å²) < 4.78 is 9.09. The number of carbonyl (C=O) groups excluding carboxylic acids is 1. The van der Waals surface area contributed by atoms with Crippen molar-refractivity contribution < 1.29 is 9.53 Å². The lowest BCUT2D eigenvalue weighted by Crippen LogP contribution is -2.26. The molecule has 8 nitrogen and oxygen atoms in total. The number of fused-ring (bicyclic) bond motifs is 1. The summed E-state index contributed by atoms with van der Waals surface area (Å²) in [5.74, 6) is 1.32. The Morgan fingerprint density at radius 1 is 1.17 bits per heavy atom. The lowest BCUT2D eigenvalue weighted by molar-refractivity contribution is 0.0951. The van der Waals surface area contributed by atoms with Gasteiger partial charge in [0.2, 0.25) is 0 Å². The zero-order valence-electron chi connectivity index (χ0n) is 17.1. The molecule has 0 fully saturated rings. The van der Waals surface area contributed by atoms with Crippen molar-refractivity contribution in [2.75, 3.05) is 20.3 Å². The van der Waals surface area contributed by atoms with E-state index < -0.39 is 0 Å². The topological polar surface area (TPSA) is 86.3 Å². The number of carbonyl (C=O) groups is 1. The van der Waals surface area contributed by atoms with E-state index in [2.05, 4.69) is 20.3 Å². The van der Waals surface area contributed by atoms with Crippen molar-refractivity contribution in [1.82, 2.24) is 29.2 Å². The summed E-state index contributed by atoms with van der Waals surface area (Å²) in [5, 5.41) is 2.97. The van der Waals surface area contributed by atoms with Gasteiger partial charge in [-0.25, -0.2) is 9.97 Å². The number of hydrogen-bond acceptors (Lipinski definition) is 5. The molecular weight excluding hydrogens is 380 g/mol. The van der Waals surface area contributed by atoms with Crippen LogP contribution >= 0.6 is 0 Å². The van der Waals surface area contributed by atoms with Crippen molar-refractivity contribution in [2.45, 2.75) is 19.9 Å². The Morgan fingerprint density at radius 2 is 2.00 bits per heavy atom. The summed E-state index contributed by atoms with van der Waals surface area (Å²) in [6, 6.07) is 9.59. The highest BCUT2D eigenvalue weighted by Crippen LogP contribution is 2.22. The largest absolute Gasteiger partial charge is 0.383 e. The number of nitrogens with zero attached hydrogens (tertiary/aromatic N) is 5. The van der Waals surface area contributed by atoms with Crippen LogP contribution in [0.4, 0.5) is 0 Å². The van der Waals surface area contributed by atoms with Crippen LogP contribution in [0.2, 0.25) is 0 Å². The first-order valence-corrected chi connectivity index (χ1v) is 9.84. The van der Waals surface area contributed by atoms with Gasteiger partial charge in [0.25, 0.3) is 5.91 Å². The van der Waals surface area contributed by atoms with Crippen LogP contribution in [0.1, 0.15) is 21.9 Å². The molecule has 0 bridgehead atoms. The van der Waals surface area contributed by atoms with Gasteiger partial charge in [0.05, 0.1) is 12.1 Å². The summed E-state index contributed by atoms with van der Waals surface area (Å²) in [6.07, 6.45) is 8.08. The SMILES string of the molecule is COCCn1cc(-c2nc(C(=O)NCCc3ccncc3)c3ccccn23)nc1C. The smallest absolute Gasteiger partial charge is 0.272 e. The molecule has 0 aliphatic rings. The molecule has 0 saturated carbocycles. The molecule has 0 atom stereocenters. The van der Waals surface area contributed by atoms with E-state index in [-0.39, 0.29) is 5.91 Å². The fourth-order valence-corrected chi connectivity index (χ4v) is 3.37. The van der Waals surface area contributed by atoms with Gasteiger partial charge in [-0.1, -0.05) is 6.07 Å². The zero-order valence-corrected chi connectivity index (χ0v) is 17.1. The molecule has 30 heavy (non-hydrogen) atoms. The molecular formula is C22H24N6O2. The molecule has 4 rings (SSSR count). The number of amides is 1. The third-order valence-corrected chi connectivity index (χ3v) is 4.95. The van der Waals surface area contributed by atoms with Crippen LogP contribution in [0.3, 0.4) is 0 Å². The van der Waals surface area contributed by atoms with Gasteiger partial charge in [0.1, 0.15) is 11.5 Å². The average Bonchev–Trinajstić information content (AvgIpc) is 3.33. The maximum Gasteiger partial charge on any atom is 0.272 e. The molecule has 0 radical (unpaired) electrons. The van der Waals surface area contributed by atoms with Crippen molar-refractivity contribution >= 4 is 11.4 Å². The van der Waals surface area contributed by atoms with Crippen molar-refractivity contribution in [3.8, 4) is 11.5 Å². The molecule has 0 saturated heterocycles. The molecule has 4 heterocycles. The van der Waals surface area contributed by atoms with Crippen molar-refractivity contribution in [3.05, 3.63) is 72.2 Å². The molecule has 0 spiro atoms.